The molecule has 1 aromatic carbocycles. The molecule has 1 heterocycles. The summed E-state index contributed by atoms with van der Waals surface area (Å²) in [7, 11) is -3.74. The predicted octanol–water partition coefficient (Wildman–Crippen LogP) is 2.52. The van der Waals surface area contributed by atoms with E-state index in [2.05, 4.69) is 16.5 Å². The number of rotatable bonds is 7. The van der Waals surface area contributed by atoms with E-state index in [0.29, 0.717) is 18.7 Å². The molecule has 0 unspecified atom stereocenters. The van der Waals surface area contributed by atoms with Gasteiger partial charge in [0.25, 0.3) is 0 Å². The lowest BCUT2D eigenvalue weighted by molar-refractivity contribution is 0.0696. The molecule has 0 aromatic heterocycles. The van der Waals surface area contributed by atoms with Gasteiger partial charge in [0.2, 0.25) is 10.0 Å². The lowest BCUT2D eigenvalue weighted by Gasteiger charge is -2.30. The van der Waals surface area contributed by atoms with E-state index in [1.54, 1.807) is 6.07 Å². The van der Waals surface area contributed by atoms with Crippen molar-refractivity contribution in [3.05, 3.63) is 29.3 Å². The molecule has 6 nitrogen and oxygen atoms in total. The van der Waals surface area contributed by atoms with Crippen LogP contribution in [0.3, 0.4) is 0 Å². The Labute approximate surface area is 150 Å². The van der Waals surface area contributed by atoms with E-state index in [4.69, 9.17) is 5.11 Å². The van der Waals surface area contributed by atoms with Gasteiger partial charge in [-0.05, 0) is 55.5 Å². The second-order valence-electron chi connectivity index (χ2n) is 7.13. The average Bonchev–Trinajstić information content (AvgIpc) is 2.56. The standard InChI is InChI=1S/C18H28N2O4S/c1-13(2)16-5-4-15(18(21)22)12-17(16)25(23,24)19-8-11-20-9-6-14(3)7-10-20/h4-5,12-14,19H,6-11H2,1-3H3,(H,21,22). The van der Waals surface area contributed by atoms with Gasteiger partial charge in [-0.3, -0.25) is 0 Å². The third-order valence-electron chi connectivity index (χ3n) is 4.77. The fourth-order valence-electron chi connectivity index (χ4n) is 3.08. The largest absolute Gasteiger partial charge is 0.478 e. The second kappa shape index (κ2) is 8.29. The van der Waals surface area contributed by atoms with Crippen molar-refractivity contribution in [1.29, 1.82) is 0 Å². The van der Waals surface area contributed by atoms with Gasteiger partial charge < -0.3 is 10.0 Å². The Morgan fingerprint density at radius 3 is 2.52 bits per heavy atom. The first kappa shape index (κ1) is 19.9. The molecule has 1 aromatic rings. The maximum atomic E-state index is 12.7. The van der Waals surface area contributed by atoms with Gasteiger partial charge in [-0.1, -0.05) is 26.8 Å². The first-order valence-electron chi connectivity index (χ1n) is 8.80. The summed E-state index contributed by atoms with van der Waals surface area (Å²) < 4.78 is 28.0. The zero-order valence-corrected chi connectivity index (χ0v) is 16.0. The molecule has 7 heteroatoms. The van der Waals surface area contributed by atoms with Crippen molar-refractivity contribution >= 4 is 16.0 Å². The molecule has 0 spiro atoms. The van der Waals surface area contributed by atoms with Crippen LogP contribution in [-0.4, -0.2) is 50.6 Å². The smallest absolute Gasteiger partial charge is 0.335 e. The molecule has 0 bridgehead atoms. The Bertz CT molecular complexity index is 708. The average molecular weight is 368 g/mol. The molecule has 0 amide bonds. The molecule has 140 valence electrons. The summed E-state index contributed by atoms with van der Waals surface area (Å²) in [6.45, 7) is 9.01. The van der Waals surface area contributed by atoms with Crippen LogP contribution in [0.25, 0.3) is 0 Å². The van der Waals surface area contributed by atoms with Crippen LogP contribution >= 0.6 is 0 Å². The third kappa shape index (κ3) is 5.26. The van der Waals surface area contributed by atoms with Crippen LogP contribution in [0, 0.1) is 5.92 Å². The minimum absolute atomic E-state index is 0.0157. The van der Waals surface area contributed by atoms with Gasteiger partial charge in [-0.25, -0.2) is 17.9 Å². The summed E-state index contributed by atoms with van der Waals surface area (Å²) in [6, 6.07) is 4.29. The summed E-state index contributed by atoms with van der Waals surface area (Å²) in [4.78, 5) is 13.5. The highest BCUT2D eigenvalue weighted by atomic mass is 32.2. The number of benzene rings is 1. The van der Waals surface area contributed by atoms with Crippen molar-refractivity contribution in [2.75, 3.05) is 26.2 Å². The van der Waals surface area contributed by atoms with Crippen LogP contribution < -0.4 is 4.72 Å². The van der Waals surface area contributed by atoms with Crippen molar-refractivity contribution in [2.24, 2.45) is 5.92 Å². The van der Waals surface area contributed by atoms with Gasteiger partial charge in [-0.2, -0.15) is 0 Å². The number of sulfonamides is 1. The highest BCUT2D eigenvalue weighted by Crippen LogP contribution is 2.25. The lowest BCUT2D eigenvalue weighted by Crippen LogP contribution is -2.39. The van der Waals surface area contributed by atoms with Crippen molar-refractivity contribution < 1.29 is 18.3 Å². The molecular formula is C18H28N2O4S. The summed E-state index contributed by atoms with van der Waals surface area (Å²) in [5.74, 6) is -0.410. The van der Waals surface area contributed by atoms with Crippen LogP contribution in [0.15, 0.2) is 23.1 Å². The molecule has 25 heavy (non-hydrogen) atoms. The van der Waals surface area contributed by atoms with E-state index in [0.717, 1.165) is 31.8 Å². The van der Waals surface area contributed by atoms with Gasteiger partial charge >= 0.3 is 5.97 Å². The zero-order valence-electron chi connectivity index (χ0n) is 15.2. The number of carboxylic acid groups (broad SMARTS) is 1. The number of hydrogen-bond donors (Lipinski definition) is 2. The Morgan fingerprint density at radius 2 is 1.96 bits per heavy atom. The Balaban J connectivity index is 2.09. The molecule has 1 aliphatic heterocycles. The number of carbonyl (C=O) groups is 1. The SMILES string of the molecule is CC1CCN(CCNS(=O)(=O)c2cc(C(=O)O)ccc2C(C)C)CC1. The minimum atomic E-state index is -3.74. The highest BCUT2D eigenvalue weighted by Gasteiger charge is 2.22. The van der Waals surface area contributed by atoms with Gasteiger partial charge in [0.1, 0.15) is 0 Å². The fourth-order valence-corrected chi connectivity index (χ4v) is 4.49. The number of nitrogens with one attached hydrogen (secondary N) is 1. The molecule has 0 radical (unpaired) electrons. The summed E-state index contributed by atoms with van der Waals surface area (Å²) in [5, 5.41) is 9.15. The maximum Gasteiger partial charge on any atom is 0.335 e. The first-order valence-corrected chi connectivity index (χ1v) is 10.3. The molecule has 1 aliphatic rings. The fraction of sp³-hybridized carbons (Fsp3) is 0.611. The number of aromatic carboxylic acids is 1. The topological polar surface area (TPSA) is 86.7 Å². The molecule has 0 aliphatic carbocycles. The van der Waals surface area contributed by atoms with E-state index in [-0.39, 0.29) is 16.4 Å². The number of hydrogen-bond acceptors (Lipinski definition) is 4. The normalized spacial score (nSPS) is 17.1. The summed E-state index contributed by atoms with van der Waals surface area (Å²) in [5.41, 5.74) is 0.610. The van der Waals surface area contributed by atoms with E-state index in [9.17, 15) is 13.2 Å². The lowest BCUT2D eigenvalue weighted by atomic mass is 9.99. The highest BCUT2D eigenvalue weighted by molar-refractivity contribution is 7.89. The summed E-state index contributed by atoms with van der Waals surface area (Å²) >= 11 is 0. The van der Waals surface area contributed by atoms with Crippen LogP contribution in [-0.2, 0) is 10.0 Å². The van der Waals surface area contributed by atoms with Crippen LogP contribution in [0.1, 0.15) is 55.5 Å². The van der Waals surface area contributed by atoms with Crippen molar-refractivity contribution in [3.63, 3.8) is 0 Å². The molecular weight excluding hydrogens is 340 g/mol. The molecule has 1 fully saturated rings. The van der Waals surface area contributed by atoms with E-state index in [1.807, 2.05) is 13.8 Å². The van der Waals surface area contributed by atoms with E-state index >= 15 is 0 Å². The summed E-state index contributed by atoms with van der Waals surface area (Å²) in [6.07, 6.45) is 2.29. The molecule has 1 saturated heterocycles. The van der Waals surface area contributed by atoms with Crippen molar-refractivity contribution in [1.82, 2.24) is 9.62 Å². The predicted molar refractivity (Wildman–Crippen MR) is 97.5 cm³/mol. The number of nitrogens with zero attached hydrogens (tertiary/aromatic N) is 1. The zero-order chi connectivity index (χ0) is 18.6. The number of likely N-dealkylation sites (tertiary alicyclic amines) is 1. The third-order valence-corrected chi connectivity index (χ3v) is 6.29. The van der Waals surface area contributed by atoms with Gasteiger partial charge in [0.15, 0.2) is 0 Å². The van der Waals surface area contributed by atoms with Gasteiger partial charge in [0.05, 0.1) is 10.5 Å². The maximum absolute atomic E-state index is 12.7. The number of carboxylic acids is 1. The quantitative estimate of drug-likeness (QED) is 0.772. The molecule has 0 atom stereocenters. The molecule has 2 rings (SSSR count). The molecule has 0 saturated carbocycles. The van der Waals surface area contributed by atoms with Gasteiger partial charge in [0, 0.05) is 13.1 Å². The molecule has 2 N–H and O–H groups in total. The van der Waals surface area contributed by atoms with Crippen LogP contribution in [0.5, 0.6) is 0 Å². The van der Waals surface area contributed by atoms with E-state index < -0.39 is 16.0 Å². The Morgan fingerprint density at radius 1 is 1.32 bits per heavy atom. The second-order valence-corrected chi connectivity index (χ2v) is 8.87. The van der Waals surface area contributed by atoms with E-state index in [1.165, 1.54) is 12.1 Å². The van der Waals surface area contributed by atoms with Gasteiger partial charge in [-0.15, -0.1) is 0 Å². The Hall–Kier alpha value is -1.44. The monoisotopic (exact) mass is 368 g/mol. The van der Waals surface area contributed by atoms with Crippen molar-refractivity contribution in [2.45, 2.75) is 44.4 Å². The van der Waals surface area contributed by atoms with Crippen molar-refractivity contribution in [3.8, 4) is 0 Å². The van der Waals surface area contributed by atoms with Crippen LogP contribution in [0.2, 0.25) is 0 Å². The van der Waals surface area contributed by atoms with Crippen LogP contribution in [0.4, 0.5) is 0 Å². The minimum Gasteiger partial charge on any atom is -0.478 e. The first-order chi connectivity index (χ1) is 11.7. The Kier molecular flexibility index (Phi) is 6.59. The number of piperidine rings is 1.